The van der Waals surface area contributed by atoms with E-state index in [1.165, 1.54) is 12.0 Å². The zero-order valence-electron chi connectivity index (χ0n) is 14.8. The van der Waals surface area contributed by atoms with Crippen LogP contribution in [-0.4, -0.2) is 17.0 Å². The summed E-state index contributed by atoms with van der Waals surface area (Å²) in [6.45, 7) is 6.83. The molecule has 0 aromatic heterocycles. The number of ketones is 1. The molecule has 0 aromatic rings. The molecule has 0 radical (unpaired) electrons. The maximum absolute atomic E-state index is 12.5. The Morgan fingerprint density at radius 3 is 2.61 bits per heavy atom. The van der Waals surface area contributed by atoms with Gasteiger partial charge in [0.05, 0.1) is 6.10 Å². The molecule has 4 rings (SSSR count). The second-order valence-electron chi connectivity index (χ2n) is 8.94. The number of Topliss-reactive ketones (excluding diaryl/α,β-unsaturated/α-hetero) is 1. The molecule has 2 heteroatoms. The molecular formula is C21H30O2. The monoisotopic (exact) mass is 314 g/mol. The summed E-state index contributed by atoms with van der Waals surface area (Å²) in [5.74, 6) is 2.29. The molecule has 0 heterocycles. The first-order valence-electron chi connectivity index (χ1n) is 9.47. The smallest absolute Gasteiger partial charge is 0.159 e. The maximum atomic E-state index is 12.5. The summed E-state index contributed by atoms with van der Waals surface area (Å²) in [6.07, 6.45) is 11.6. The van der Waals surface area contributed by atoms with Crippen molar-refractivity contribution in [3.05, 3.63) is 23.3 Å². The third kappa shape index (κ3) is 2.00. The first-order chi connectivity index (χ1) is 10.9. The number of hydrogen-bond acceptors (Lipinski definition) is 2. The Kier molecular flexibility index (Phi) is 3.43. The van der Waals surface area contributed by atoms with E-state index in [1.807, 2.05) is 6.92 Å². The molecule has 0 aromatic carbocycles. The summed E-state index contributed by atoms with van der Waals surface area (Å²) in [5, 5.41) is 10.1. The summed E-state index contributed by atoms with van der Waals surface area (Å²) in [7, 11) is 0. The Bertz CT molecular complexity index is 601. The molecule has 4 unspecified atom stereocenters. The van der Waals surface area contributed by atoms with Gasteiger partial charge < -0.3 is 5.11 Å². The topological polar surface area (TPSA) is 37.3 Å². The van der Waals surface area contributed by atoms with Crippen molar-refractivity contribution in [1.82, 2.24) is 0 Å². The van der Waals surface area contributed by atoms with E-state index in [9.17, 15) is 9.90 Å². The Morgan fingerprint density at radius 1 is 1.13 bits per heavy atom. The summed E-state index contributed by atoms with van der Waals surface area (Å²) in [5.41, 5.74) is 3.00. The first kappa shape index (κ1) is 15.6. The molecule has 3 saturated carbocycles. The van der Waals surface area contributed by atoms with Crippen LogP contribution in [0.4, 0.5) is 0 Å². The van der Waals surface area contributed by atoms with Gasteiger partial charge in [-0.2, -0.15) is 0 Å². The van der Waals surface area contributed by atoms with E-state index in [4.69, 9.17) is 0 Å². The van der Waals surface area contributed by atoms with Crippen molar-refractivity contribution in [3.8, 4) is 0 Å². The molecule has 3 fully saturated rings. The predicted octanol–water partition coefficient (Wildman–Crippen LogP) is 4.44. The van der Waals surface area contributed by atoms with Gasteiger partial charge in [-0.1, -0.05) is 31.6 Å². The van der Waals surface area contributed by atoms with Crippen LogP contribution in [0.1, 0.15) is 65.7 Å². The van der Waals surface area contributed by atoms with Gasteiger partial charge >= 0.3 is 0 Å². The lowest BCUT2D eigenvalue weighted by Gasteiger charge is -2.57. The lowest BCUT2D eigenvalue weighted by atomic mass is 9.48. The van der Waals surface area contributed by atoms with Crippen LogP contribution in [0.2, 0.25) is 0 Å². The van der Waals surface area contributed by atoms with Crippen LogP contribution in [0.15, 0.2) is 23.3 Å². The molecule has 126 valence electrons. The second-order valence-corrected chi connectivity index (χ2v) is 8.94. The first-order valence-corrected chi connectivity index (χ1v) is 9.47. The average Bonchev–Trinajstić information content (AvgIpc) is 2.77. The fraction of sp³-hybridized carbons (Fsp3) is 0.762. The maximum Gasteiger partial charge on any atom is 0.159 e. The molecule has 2 nitrogen and oxygen atoms in total. The number of allylic oxidation sites excluding steroid dienone is 3. The Labute approximate surface area is 140 Å². The minimum Gasteiger partial charge on any atom is -0.393 e. The van der Waals surface area contributed by atoms with Crippen LogP contribution in [0, 0.1) is 28.6 Å². The van der Waals surface area contributed by atoms with Crippen LogP contribution >= 0.6 is 0 Å². The van der Waals surface area contributed by atoms with Gasteiger partial charge in [-0.3, -0.25) is 4.79 Å². The van der Waals surface area contributed by atoms with Crippen molar-refractivity contribution in [3.63, 3.8) is 0 Å². The molecular weight excluding hydrogens is 284 g/mol. The third-order valence-corrected chi connectivity index (χ3v) is 8.08. The van der Waals surface area contributed by atoms with E-state index in [1.54, 1.807) is 0 Å². The van der Waals surface area contributed by atoms with E-state index in [0.717, 1.165) is 44.1 Å². The molecule has 6 atom stereocenters. The zero-order chi connectivity index (χ0) is 16.4. The fourth-order valence-corrected chi connectivity index (χ4v) is 6.79. The largest absolute Gasteiger partial charge is 0.393 e. The summed E-state index contributed by atoms with van der Waals surface area (Å²) in [6, 6.07) is 0. The minimum absolute atomic E-state index is 0.114. The lowest BCUT2D eigenvalue weighted by molar-refractivity contribution is -0.115. The molecule has 1 N–H and O–H groups in total. The van der Waals surface area contributed by atoms with Crippen LogP contribution in [-0.2, 0) is 4.79 Å². The zero-order valence-corrected chi connectivity index (χ0v) is 14.8. The van der Waals surface area contributed by atoms with Crippen molar-refractivity contribution in [1.29, 1.82) is 0 Å². The fourth-order valence-electron chi connectivity index (χ4n) is 6.79. The van der Waals surface area contributed by atoms with Crippen LogP contribution < -0.4 is 0 Å². The molecule has 0 spiro atoms. The summed E-state index contributed by atoms with van der Waals surface area (Å²) in [4.78, 5) is 12.5. The number of hydrogen-bond donors (Lipinski definition) is 1. The molecule has 4 aliphatic rings. The Morgan fingerprint density at radius 2 is 1.87 bits per heavy atom. The van der Waals surface area contributed by atoms with E-state index >= 15 is 0 Å². The van der Waals surface area contributed by atoms with Crippen molar-refractivity contribution in [2.75, 3.05) is 0 Å². The van der Waals surface area contributed by atoms with Gasteiger partial charge in [0.2, 0.25) is 0 Å². The SMILES string of the molecule is C/C=C1/C(=O)C[C@H]2C3CC=C4CC(O)CCC4(C)[C@H]3CCC12C. The van der Waals surface area contributed by atoms with Crippen molar-refractivity contribution >= 4 is 5.78 Å². The number of aliphatic hydroxyl groups is 1. The Balaban J connectivity index is 1.71. The van der Waals surface area contributed by atoms with Gasteiger partial charge in [-0.15, -0.1) is 0 Å². The van der Waals surface area contributed by atoms with E-state index < -0.39 is 0 Å². The number of carbonyl (C=O) groups is 1. The van der Waals surface area contributed by atoms with Gasteiger partial charge in [0.25, 0.3) is 0 Å². The van der Waals surface area contributed by atoms with E-state index in [0.29, 0.717) is 23.5 Å². The highest BCUT2D eigenvalue weighted by molar-refractivity contribution is 5.99. The van der Waals surface area contributed by atoms with Crippen LogP contribution in [0.25, 0.3) is 0 Å². The van der Waals surface area contributed by atoms with Crippen LogP contribution in [0.5, 0.6) is 0 Å². The van der Waals surface area contributed by atoms with Crippen LogP contribution in [0.3, 0.4) is 0 Å². The minimum atomic E-state index is -0.137. The van der Waals surface area contributed by atoms with Crippen molar-refractivity contribution < 1.29 is 9.90 Å². The molecule has 0 aliphatic heterocycles. The molecule has 0 bridgehead atoms. The molecule has 0 saturated heterocycles. The van der Waals surface area contributed by atoms with Crippen molar-refractivity contribution in [2.24, 2.45) is 28.6 Å². The highest BCUT2D eigenvalue weighted by Crippen LogP contribution is 2.65. The van der Waals surface area contributed by atoms with Gasteiger partial charge in [-0.25, -0.2) is 0 Å². The van der Waals surface area contributed by atoms with E-state index in [-0.39, 0.29) is 16.9 Å². The second kappa shape index (κ2) is 5.05. The normalized spacial score (nSPS) is 51.0. The highest BCUT2D eigenvalue weighted by Gasteiger charge is 2.59. The number of aliphatic hydroxyl groups excluding tert-OH is 1. The average molecular weight is 314 g/mol. The van der Waals surface area contributed by atoms with Gasteiger partial charge in [-0.05, 0) is 79.6 Å². The predicted molar refractivity (Wildman–Crippen MR) is 91.9 cm³/mol. The van der Waals surface area contributed by atoms with Gasteiger partial charge in [0.1, 0.15) is 0 Å². The molecule has 23 heavy (non-hydrogen) atoms. The molecule has 4 aliphatic carbocycles. The van der Waals surface area contributed by atoms with E-state index in [2.05, 4.69) is 26.0 Å². The summed E-state index contributed by atoms with van der Waals surface area (Å²) >= 11 is 0. The number of carbonyl (C=O) groups excluding carboxylic acids is 1. The van der Waals surface area contributed by atoms with Gasteiger partial charge in [0, 0.05) is 6.42 Å². The highest BCUT2D eigenvalue weighted by atomic mass is 16.3. The Hall–Kier alpha value is -0.890. The van der Waals surface area contributed by atoms with Crippen molar-refractivity contribution in [2.45, 2.75) is 71.8 Å². The molecule has 0 amide bonds. The summed E-state index contributed by atoms with van der Waals surface area (Å²) < 4.78 is 0. The lowest BCUT2D eigenvalue weighted by Crippen LogP contribution is -2.49. The third-order valence-electron chi connectivity index (χ3n) is 8.08. The standard InChI is InChI=1S/C21H30O2/c1-4-16-19(23)12-18-15-6-5-13-11-14(22)7-9-20(13,2)17(15)8-10-21(16,18)3/h4-5,14-15,17-18,22H,6-12H2,1-3H3/b16-4-/t14?,15?,17-,18-,20?,21?/m0/s1. The quantitative estimate of drug-likeness (QED) is 0.530. The number of fused-ring (bicyclic) bond motifs is 5. The number of rotatable bonds is 0. The van der Waals surface area contributed by atoms with Gasteiger partial charge in [0.15, 0.2) is 5.78 Å².